The van der Waals surface area contributed by atoms with E-state index in [4.69, 9.17) is 0 Å². The fourth-order valence-electron chi connectivity index (χ4n) is 4.60. The Bertz CT molecular complexity index is 1140. The molecule has 176 valence electrons. The van der Waals surface area contributed by atoms with Gasteiger partial charge in [-0.2, -0.15) is 4.80 Å². The van der Waals surface area contributed by atoms with E-state index in [0.717, 1.165) is 37.3 Å². The first-order valence-corrected chi connectivity index (χ1v) is 11.9. The summed E-state index contributed by atoms with van der Waals surface area (Å²) in [6.45, 7) is 4.46. The van der Waals surface area contributed by atoms with E-state index in [9.17, 15) is 9.59 Å². The van der Waals surface area contributed by atoms with Crippen molar-refractivity contribution in [1.29, 1.82) is 0 Å². The number of carbonyl (C=O) groups excluding carboxylic acids is 2. The summed E-state index contributed by atoms with van der Waals surface area (Å²) in [5, 5.41) is 12.6. The van der Waals surface area contributed by atoms with Crippen LogP contribution in [0, 0.1) is 0 Å². The molecule has 0 spiro atoms. The number of aromatic nitrogens is 4. The first-order chi connectivity index (χ1) is 16.7. The number of benzene rings is 2. The first kappa shape index (κ1) is 22.2. The van der Waals surface area contributed by atoms with Crippen LogP contribution in [-0.2, 0) is 22.6 Å². The van der Waals surface area contributed by atoms with Gasteiger partial charge in [0, 0.05) is 50.4 Å². The van der Waals surface area contributed by atoms with Crippen LogP contribution in [0.1, 0.15) is 18.4 Å². The molecule has 1 fully saturated rings. The minimum absolute atomic E-state index is 0.139. The van der Waals surface area contributed by atoms with E-state index in [0.29, 0.717) is 44.8 Å². The number of hydrogen-bond acceptors (Lipinski definition) is 6. The second-order valence-electron chi connectivity index (χ2n) is 8.76. The van der Waals surface area contributed by atoms with E-state index in [-0.39, 0.29) is 11.8 Å². The second-order valence-corrected chi connectivity index (χ2v) is 8.76. The third-order valence-corrected chi connectivity index (χ3v) is 6.51. The molecule has 5 rings (SSSR count). The van der Waals surface area contributed by atoms with Gasteiger partial charge >= 0.3 is 0 Å². The summed E-state index contributed by atoms with van der Waals surface area (Å²) in [4.78, 5) is 33.0. The molecule has 0 N–H and O–H groups in total. The van der Waals surface area contributed by atoms with Crippen molar-refractivity contribution in [3.05, 3.63) is 60.2 Å². The third-order valence-electron chi connectivity index (χ3n) is 6.51. The Morgan fingerprint density at radius 2 is 1.62 bits per heavy atom. The summed E-state index contributed by atoms with van der Waals surface area (Å²) < 4.78 is 0. The smallest absolute Gasteiger partial charge is 0.241 e. The number of tetrazole rings is 1. The number of rotatable bonds is 7. The fourth-order valence-corrected chi connectivity index (χ4v) is 4.60. The zero-order valence-electron chi connectivity index (χ0n) is 19.2. The molecule has 9 nitrogen and oxygen atoms in total. The largest absolute Gasteiger partial charge is 0.340 e. The highest BCUT2D eigenvalue weighted by atomic mass is 16.2. The lowest BCUT2D eigenvalue weighted by atomic mass is 10.2. The predicted octanol–water partition coefficient (Wildman–Crippen LogP) is 1.85. The van der Waals surface area contributed by atoms with Gasteiger partial charge in [0.05, 0.1) is 13.1 Å². The van der Waals surface area contributed by atoms with Crippen molar-refractivity contribution in [2.24, 2.45) is 0 Å². The van der Waals surface area contributed by atoms with E-state index in [1.807, 2.05) is 58.3 Å². The minimum Gasteiger partial charge on any atom is -0.340 e. The molecule has 3 heterocycles. The molecular weight excluding hydrogens is 430 g/mol. The third kappa shape index (κ3) is 4.99. The Morgan fingerprint density at radius 1 is 0.853 bits per heavy atom. The Kier molecular flexibility index (Phi) is 6.62. The number of hydrogen-bond donors (Lipinski definition) is 0. The quantitative estimate of drug-likeness (QED) is 0.536. The lowest BCUT2D eigenvalue weighted by Crippen LogP contribution is -2.51. The molecule has 2 aliphatic rings. The average Bonchev–Trinajstić information content (AvgIpc) is 3.52. The first-order valence-electron chi connectivity index (χ1n) is 11.9. The minimum atomic E-state index is 0.139. The maximum absolute atomic E-state index is 12.8. The van der Waals surface area contributed by atoms with Crippen LogP contribution < -0.4 is 4.90 Å². The summed E-state index contributed by atoms with van der Waals surface area (Å²) in [5.74, 6) is 0.873. The molecule has 2 aromatic carbocycles. The summed E-state index contributed by atoms with van der Waals surface area (Å²) >= 11 is 0. The van der Waals surface area contributed by atoms with Gasteiger partial charge in [0.25, 0.3) is 0 Å². The molecule has 1 aromatic heterocycles. The molecule has 1 saturated heterocycles. The molecule has 9 heteroatoms. The van der Waals surface area contributed by atoms with Crippen LogP contribution in [0.2, 0.25) is 0 Å². The van der Waals surface area contributed by atoms with Crippen LogP contribution in [0.5, 0.6) is 0 Å². The summed E-state index contributed by atoms with van der Waals surface area (Å²) in [6.07, 6.45) is 2.03. The average molecular weight is 460 g/mol. The Balaban J connectivity index is 1.04. The Hall–Kier alpha value is -3.59. The van der Waals surface area contributed by atoms with Crippen LogP contribution in [0.15, 0.2) is 54.6 Å². The van der Waals surface area contributed by atoms with E-state index in [1.165, 1.54) is 5.56 Å². The number of anilines is 1. The fraction of sp³-hybridized carbons (Fsp3) is 0.400. The highest BCUT2D eigenvalue weighted by Gasteiger charge is 2.27. The van der Waals surface area contributed by atoms with Gasteiger partial charge in [0.2, 0.25) is 17.6 Å². The van der Waals surface area contributed by atoms with Crippen LogP contribution in [0.3, 0.4) is 0 Å². The zero-order chi connectivity index (χ0) is 23.3. The van der Waals surface area contributed by atoms with Gasteiger partial charge in [-0.1, -0.05) is 48.5 Å². The summed E-state index contributed by atoms with van der Waals surface area (Å²) in [5.41, 5.74) is 3.21. The van der Waals surface area contributed by atoms with Gasteiger partial charge in [-0.15, -0.1) is 10.2 Å². The highest BCUT2D eigenvalue weighted by molar-refractivity contribution is 5.96. The number of para-hydroxylation sites is 1. The van der Waals surface area contributed by atoms with Crippen molar-refractivity contribution >= 4 is 17.5 Å². The van der Waals surface area contributed by atoms with Crippen molar-refractivity contribution < 1.29 is 9.59 Å². The number of carbonyl (C=O) groups is 2. The molecule has 2 aliphatic heterocycles. The van der Waals surface area contributed by atoms with Gasteiger partial charge in [-0.25, -0.2) is 0 Å². The van der Waals surface area contributed by atoms with Gasteiger partial charge in [0.1, 0.15) is 0 Å². The Morgan fingerprint density at radius 3 is 2.44 bits per heavy atom. The molecule has 0 aliphatic carbocycles. The maximum atomic E-state index is 12.8. The van der Waals surface area contributed by atoms with E-state index in [1.54, 1.807) is 4.80 Å². The molecule has 0 bridgehead atoms. The molecule has 0 saturated carbocycles. The molecule has 0 unspecified atom stereocenters. The molecule has 3 aromatic rings. The van der Waals surface area contributed by atoms with E-state index < -0.39 is 0 Å². The highest BCUT2D eigenvalue weighted by Crippen LogP contribution is 2.27. The van der Waals surface area contributed by atoms with Crippen LogP contribution >= 0.6 is 0 Å². The standard InChI is InChI=1S/C25H29N7O2/c33-23(11-6-13-32-27-25(26-28-32)21-8-2-1-3-9-21)30-17-15-29(16-18-30)19-24(34)31-14-12-20-7-4-5-10-22(20)31/h1-5,7-10H,6,11-19H2. The molecular formula is C25H29N7O2. The Labute approximate surface area is 198 Å². The zero-order valence-corrected chi connectivity index (χ0v) is 19.2. The SMILES string of the molecule is O=C(CCCn1nnc(-c2ccccc2)n1)N1CCN(CC(=O)N2CCc3ccccc32)CC1. The number of fused-ring (bicyclic) bond motifs is 1. The van der Waals surface area contributed by atoms with Crippen LogP contribution in [0.4, 0.5) is 5.69 Å². The predicted molar refractivity (Wildman–Crippen MR) is 128 cm³/mol. The van der Waals surface area contributed by atoms with E-state index in [2.05, 4.69) is 26.4 Å². The molecule has 0 atom stereocenters. The topological polar surface area (TPSA) is 87.5 Å². The monoisotopic (exact) mass is 459 g/mol. The van der Waals surface area contributed by atoms with Crippen molar-refractivity contribution in [1.82, 2.24) is 30.0 Å². The summed E-state index contributed by atoms with van der Waals surface area (Å²) in [6, 6.07) is 17.8. The number of amides is 2. The van der Waals surface area contributed by atoms with Crippen LogP contribution in [0.25, 0.3) is 11.4 Å². The molecule has 34 heavy (non-hydrogen) atoms. The van der Waals surface area contributed by atoms with Crippen molar-refractivity contribution in [3.63, 3.8) is 0 Å². The summed E-state index contributed by atoms with van der Waals surface area (Å²) in [7, 11) is 0. The lowest BCUT2D eigenvalue weighted by molar-refractivity contribution is -0.133. The number of aryl methyl sites for hydroxylation is 1. The van der Waals surface area contributed by atoms with Crippen molar-refractivity contribution in [2.75, 3.05) is 44.2 Å². The normalized spacial score (nSPS) is 16.0. The van der Waals surface area contributed by atoms with E-state index >= 15 is 0 Å². The van der Waals surface area contributed by atoms with Gasteiger partial charge in [-0.05, 0) is 29.7 Å². The number of nitrogens with zero attached hydrogens (tertiary/aromatic N) is 7. The lowest BCUT2D eigenvalue weighted by Gasteiger charge is -2.35. The van der Waals surface area contributed by atoms with Gasteiger partial charge in [-0.3, -0.25) is 14.5 Å². The van der Waals surface area contributed by atoms with Gasteiger partial charge < -0.3 is 9.80 Å². The number of piperazine rings is 1. The van der Waals surface area contributed by atoms with Gasteiger partial charge in [0.15, 0.2) is 0 Å². The molecule has 0 radical (unpaired) electrons. The van der Waals surface area contributed by atoms with Crippen LogP contribution in [-0.4, -0.2) is 81.1 Å². The second kappa shape index (κ2) is 10.1. The molecule has 2 amide bonds. The van der Waals surface area contributed by atoms with Crippen molar-refractivity contribution in [3.8, 4) is 11.4 Å². The van der Waals surface area contributed by atoms with Crippen molar-refractivity contribution in [2.45, 2.75) is 25.8 Å². The maximum Gasteiger partial charge on any atom is 0.241 e.